The summed E-state index contributed by atoms with van der Waals surface area (Å²) in [5.41, 5.74) is 4.05. The molecule has 0 saturated carbocycles. The maximum Gasteiger partial charge on any atom is 0.336 e. The van der Waals surface area contributed by atoms with Crippen molar-refractivity contribution in [3.63, 3.8) is 0 Å². The van der Waals surface area contributed by atoms with Crippen molar-refractivity contribution in [1.29, 1.82) is 0 Å². The van der Waals surface area contributed by atoms with Crippen LogP contribution in [0.4, 0.5) is 0 Å². The Hall–Kier alpha value is -4.92. The van der Waals surface area contributed by atoms with Crippen LogP contribution >= 0.6 is 0 Å². The van der Waals surface area contributed by atoms with Gasteiger partial charge < -0.3 is 33.7 Å². The predicted molar refractivity (Wildman–Crippen MR) is 174 cm³/mol. The smallest absolute Gasteiger partial charge is 0.336 e. The van der Waals surface area contributed by atoms with E-state index < -0.39 is 11.9 Å². The van der Waals surface area contributed by atoms with Crippen LogP contribution in [-0.2, 0) is 14.3 Å². The summed E-state index contributed by atoms with van der Waals surface area (Å²) >= 11 is 0. The van der Waals surface area contributed by atoms with Crippen molar-refractivity contribution in [1.82, 2.24) is 5.32 Å². The van der Waals surface area contributed by atoms with Crippen molar-refractivity contribution in [3.05, 3.63) is 100 Å². The van der Waals surface area contributed by atoms with E-state index in [1.165, 1.54) is 0 Å². The molecule has 3 aromatic rings. The van der Waals surface area contributed by atoms with Gasteiger partial charge in [0.2, 0.25) is 0 Å². The second kappa shape index (κ2) is 14.9. The highest BCUT2D eigenvalue weighted by atomic mass is 16.6. The predicted octanol–water partition coefficient (Wildman–Crippen LogP) is 6.49. The Morgan fingerprint density at radius 3 is 2.17 bits per heavy atom. The van der Waals surface area contributed by atoms with Crippen LogP contribution < -0.4 is 29.0 Å². The van der Waals surface area contributed by atoms with Crippen LogP contribution in [0.1, 0.15) is 56.1 Å². The van der Waals surface area contributed by atoms with E-state index in [9.17, 15) is 9.59 Å². The number of ether oxygens (including phenoxy) is 6. The molecule has 0 fully saturated rings. The van der Waals surface area contributed by atoms with E-state index in [4.69, 9.17) is 28.4 Å². The number of rotatable bonds is 13. The van der Waals surface area contributed by atoms with Crippen molar-refractivity contribution in [2.75, 3.05) is 41.2 Å². The van der Waals surface area contributed by atoms with Crippen LogP contribution in [-0.4, -0.2) is 52.9 Å². The van der Waals surface area contributed by atoms with Crippen LogP contribution in [0.3, 0.4) is 0 Å². The van der Waals surface area contributed by atoms with Gasteiger partial charge in [-0.15, -0.1) is 0 Å². The number of methoxy groups -OCH3 is 3. The number of hydrogen-bond donors (Lipinski definition) is 1. The van der Waals surface area contributed by atoms with Crippen molar-refractivity contribution in [2.45, 2.75) is 44.9 Å². The zero-order valence-electron chi connectivity index (χ0n) is 27.0. The van der Waals surface area contributed by atoms with Crippen molar-refractivity contribution >= 4 is 11.8 Å². The lowest BCUT2D eigenvalue weighted by molar-refractivity contribution is -0.140. The lowest BCUT2D eigenvalue weighted by atomic mass is 9.71. The van der Waals surface area contributed by atoms with Gasteiger partial charge in [-0.05, 0) is 73.2 Å². The molecule has 3 aromatic carbocycles. The first-order valence-corrected chi connectivity index (χ1v) is 15.5. The van der Waals surface area contributed by atoms with Crippen molar-refractivity contribution < 1.29 is 38.0 Å². The highest BCUT2D eigenvalue weighted by Gasteiger charge is 2.42. The summed E-state index contributed by atoms with van der Waals surface area (Å²) in [4.78, 5) is 27.9. The van der Waals surface area contributed by atoms with E-state index in [0.29, 0.717) is 58.6 Å². The fraction of sp³-hybridized carbons (Fsp3) is 0.351. The lowest BCUT2D eigenvalue weighted by Gasteiger charge is -2.37. The van der Waals surface area contributed by atoms with Gasteiger partial charge in [-0.3, -0.25) is 4.79 Å². The Morgan fingerprint density at radius 2 is 1.46 bits per heavy atom. The molecule has 0 bridgehead atoms. The Bertz CT molecular complexity index is 1630. The van der Waals surface area contributed by atoms with Gasteiger partial charge in [0.05, 0.1) is 33.5 Å². The van der Waals surface area contributed by atoms with Gasteiger partial charge in [-0.2, -0.15) is 0 Å². The highest BCUT2D eigenvalue weighted by Crippen LogP contribution is 2.47. The van der Waals surface area contributed by atoms with Gasteiger partial charge in [0, 0.05) is 29.3 Å². The van der Waals surface area contributed by atoms with E-state index in [1.54, 1.807) is 21.3 Å². The summed E-state index contributed by atoms with van der Waals surface area (Å²) in [5.74, 6) is 1.74. The third kappa shape index (κ3) is 6.98. The maximum atomic E-state index is 14.1. The fourth-order valence-electron chi connectivity index (χ4n) is 6.07. The molecule has 5 rings (SSSR count). The molecule has 1 aliphatic carbocycles. The molecule has 2 atom stereocenters. The summed E-state index contributed by atoms with van der Waals surface area (Å²) in [6.07, 6.45) is 1.69. The molecule has 242 valence electrons. The maximum absolute atomic E-state index is 14.1. The topological polar surface area (TPSA) is 102 Å². The standard InChI is InChI=1S/C37H41NO8/c1-6-16-45-31-15-13-25(22-33(31)43-5)35-34(37(40)46-18-17-44-27-10-8-7-9-11-27)23(2)38-28-19-26(20-29(39)36(28)35)24-12-14-30(41-3)32(21-24)42-4/h7-15,21-22,26,35,38H,6,16-20H2,1-5H3/t26-,35-/m1/s1. The number of para-hydroxylation sites is 1. The zero-order chi connectivity index (χ0) is 32.6. The molecule has 0 radical (unpaired) electrons. The number of dihydropyridines is 1. The third-order valence-corrected chi connectivity index (χ3v) is 8.24. The van der Waals surface area contributed by atoms with Crippen molar-refractivity contribution in [2.24, 2.45) is 0 Å². The van der Waals surface area contributed by atoms with E-state index >= 15 is 0 Å². The average Bonchev–Trinajstić information content (AvgIpc) is 3.08. The minimum Gasteiger partial charge on any atom is -0.493 e. The van der Waals surface area contributed by atoms with E-state index in [-0.39, 0.29) is 31.3 Å². The minimum atomic E-state index is -0.660. The number of hydrogen-bond acceptors (Lipinski definition) is 9. The first kappa shape index (κ1) is 32.5. The first-order valence-electron chi connectivity index (χ1n) is 15.5. The SMILES string of the molecule is CCCOc1ccc([C@@H]2C(C(=O)OCCOc3ccccc3)=C(C)NC3=C2C(=O)C[C@H](c2ccc(OC)c(OC)c2)C3)cc1OC. The number of benzene rings is 3. The normalized spacial score (nSPS) is 17.5. The number of allylic oxidation sites excluding steroid dienone is 3. The van der Waals surface area contributed by atoms with E-state index in [1.807, 2.05) is 80.6 Å². The second-order valence-electron chi connectivity index (χ2n) is 11.2. The number of carbonyl (C=O) groups is 2. The molecular formula is C37H41NO8. The van der Waals surface area contributed by atoms with Gasteiger partial charge in [0.25, 0.3) is 0 Å². The number of nitrogens with one attached hydrogen (secondary N) is 1. The molecule has 0 unspecified atom stereocenters. The summed E-state index contributed by atoms with van der Waals surface area (Å²) in [6.45, 7) is 4.65. The monoisotopic (exact) mass is 627 g/mol. The molecule has 46 heavy (non-hydrogen) atoms. The summed E-state index contributed by atoms with van der Waals surface area (Å²) in [6, 6.07) is 20.7. The average molecular weight is 628 g/mol. The zero-order valence-corrected chi connectivity index (χ0v) is 27.0. The van der Waals surface area contributed by atoms with Gasteiger partial charge in [-0.1, -0.05) is 37.3 Å². The van der Waals surface area contributed by atoms with Gasteiger partial charge in [-0.25, -0.2) is 4.79 Å². The van der Waals surface area contributed by atoms with Crippen LogP contribution in [0.15, 0.2) is 89.3 Å². The van der Waals surface area contributed by atoms with Gasteiger partial charge >= 0.3 is 5.97 Å². The van der Waals surface area contributed by atoms with Gasteiger partial charge in [0.1, 0.15) is 19.0 Å². The molecular weight excluding hydrogens is 586 g/mol. The van der Waals surface area contributed by atoms with Gasteiger partial charge in [0.15, 0.2) is 28.8 Å². The summed E-state index contributed by atoms with van der Waals surface area (Å²) < 4.78 is 34.0. The van der Waals surface area contributed by atoms with E-state index in [2.05, 4.69) is 5.32 Å². The molecule has 9 nitrogen and oxygen atoms in total. The molecule has 1 aliphatic heterocycles. The molecule has 0 aromatic heterocycles. The number of carbonyl (C=O) groups excluding carboxylic acids is 2. The quantitative estimate of drug-likeness (QED) is 0.168. The first-order chi connectivity index (χ1) is 22.4. The summed E-state index contributed by atoms with van der Waals surface area (Å²) in [5, 5.41) is 3.41. The van der Waals surface area contributed by atoms with Crippen LogP contribution in [0.2, 0.25) is 0 Å². The largest absolute Gasteiger partial charge is 0.493 e. The van der Waals surface area contributed by atoms with Crippen molar-refractivity contribution in [3.8, 4) is 28.7 Å². The second-order valence-corrected chi connectivity index (χ2v) is 11.2. The Morgan fingerprint density at radius 1 is 0.783 bits per heavy atom. The highest BCUT2D eigenvalue weighted by molar-refractivity contribution is 6.04. The molecule has 9 heteroatoms. The Labute approximate surface area is 270 Å². The van der Waals surface area contributed by atoms with Crippen LogP contribution in [0.5, 0.6) is 28.7 Å². The molecule has 2 aliphatic rings. The molecule has 0 amide bonds. The third-order valence-electron chi connectivity index (χ3n) is 8.24. The fourth-order valence-corrected chi connectivity index (χ4v) is 6.07. The molecule has 1 N–H and O–H groups in total. The number of esters is 1. The minimum absolute atomic E-state index is 0.0472. The summed E-state index contributed by atoms with van der Waals surface area (Å²) in [7, 11) is 4.76. The lowest BCUT2D eigenvalue weighted by Crippen LogP contribution is -2.36. The van der Waals surface area contributed by atoms with Crippen LogP contribution in [0, 0.1) is 0 Å². The molecule has 0 saturated heterocycles. The number of Topliss-reactive ketones (excluding diaryl/α,β-unsaturated/α-hetero) is 1. The molecule has 0 spiro atoms. The number of ketones is 1. The van der Waals surface area contributed by atoms with Crippen LogP contribution in [0.25, 0.3) is 0 Å². The molecule has 1 heterocycles. The van der Waals surface area contributed by atoms with E-state index in [0.717, 1.165) is 23.2 Å². The Kier molecular flexibility index (Phi) is 10.5. The Balaban J connectivity index is 1.47.